The van der Waals surface area contributed by atoms with Gasteiger partial charge in [-0.25, -0.2) is 0 Å². The molecule has 102 valence electrons. The summed E-state index contributed by atoms with van der Waals surface area (Å²) in [5.41, 5.74) is 5.10. The van der Waals surface area contributed by atoms with E-state index in [9.17, 15) is 0 Å². The first kappa shape index (κ1) is 14.0. The highest BCUT2D eigenvalue weighted by molar-refractivity contribution is 7.99. The number of hydrogen-bond acceptors (Lipinski definition) is 5. The van der Waals surface area contributed by atoms with Crippen molar-refractivity contribution in [1.82, 2.24) is 20.4 Å². The van der Waals surface area contributed by atoms with Crippen molar-refractivity contribution < 1.29 is 0 Å². The summed E-state index contributed by atoms with van der Waals surface area (Å²) in [7, 11) is 1.86. The second-order valence-electron chi connectivity index (χ2n) is 4.53. The van der Waals surface area contributed by atoms with Gasteiger partial charge in [0.25, 0.3) is 0 Å². The van der Waals surface area contributed by atoms with E-state index < -0.39 is 0 Å². The van der Waals surface area contributed by atoms with Crippen molar-refractivity contribution in [1.29, 1.82) is 0 Å². The van der Waals surface area contributed by atoms with Gasteiger partial charge in [-0.2, -0.15) is 0 Å². The van der Waals surface area contributed by atoms with Crippen molar-refractivity contribution in [2.45, 2.75) is 24.3 Å². The SMILES string of the molecule is Cc1ccccc1SCC(Cc1cn(C)nn1)NN. The van der Waals surface area contributed by atoms with Crippen LogP contribution in [-0.4, -0.2) is 26.8 Å². The molecule has 3 N–H and O–H groups in total. The standard InChI is InChI=1S/C13H19N5S/c1-10-5-3-4-6-13(10)19-9-12(15-14)7-11-8-18(2)17-16-11/h3-6,8,12,15H,7,9,14H2,1-2H3. The maximum atomic E-state index is 5.61. The molecule has 2 aromatic rings. The van der Waals surface area contributed by atoms with Gasteiger partial charge in [-0.15, -0.1) is 16.9 Å². The fourth-order valence-electron chi connectivity index (χ4n) is 1.82. The van der Waals surface area contributed by atoms with Crippen LogP contribution < -0.4 is 11.3 Å². The summed E-state index contributed by atoms with van der Waals surface area (Å²) in [6.07, 6.45) is 2.70. The Labute approximate surface area is 117 Å². The van der Waals surface area contributed by atoms with Crippen LogP contribution in [0.3, 0.4) is 0 Å². The van der Waals surface area contributed by atoms with Crippen molar-refractivity contribution in [2.24, 2.45) is 12.9 Å². The molecule has 2 rings (SSSR count). The highest BCUT2D eigenvalue weighted by Gasteiger charge is 2.11. The van der Waals surface area contributed by atoms with Gasteiger partial charge in [-0.05, 0) is 18.6 Å². The molecule has 0 bridgehead atoms. The van der Waals surface area contributed by atoms with Crippen molar-refractivity contribution >= 4 is 11.8 Å². The van der Waals surface area contributed by atoms with E-state index in [1.54, 1.807) is 4.68 Å². The van der Waals surface area contributed by atoms with Crippen LogP contribution >= 0.6 is 11.8 Å². The zero-order chi connectivity index (χ0) is 13.7. The Hall–Kier alpha value is -1.37. The summed E-state index contributed by atoms with van der Waals surface area (Å²) in [4.78, 5) is 1.29. The lowest BCUT2D eigenvalue weighted by Crippen LogP contribution is -2.38. The molecular formula is C13H19N5S. The van der Waals surface area contributed by atoms with Crippen LogP contribution in [0.15, 0.2) is 35.4 Å². The summed E-state index contributed by atoms with van der Waals surface area (Å²) in [5.74, 6) is 6.51. The van der Waals surface area contributed by atoms with Gasteiger partial charge in [0.1, 0.15) is 0 Å². The third-order valence-electron chi connectivity index (χ3n) is 2.87. The molecule has 0 aliphatic heterocycles. The maximum Gasteiger partial charge on any atom is 0.0843 e. The number of benzene rings is 1. The van der Waals surface area contributed by atoms with E-state index in [2.05, 4.69) is 46.9 Å². The normalized spacial score (nSPS) is 12.6. The number of hydrogen-bond donors (Lipinski definition) is 2. The minimum Gasteiger partial charge on any atom is -0.271 e. The Morgan fingerprint density at radius 1 is 1.42 bits per heavy atom. The summed E-state index contributed by atoms with van der Waals surface area (Å²) in [6, 6.07) is 8.55. The van der Waals surface area contributed by atoms with Crippen molar-refractivity contribution in [2.75, 3.05) is 5.75 Å². The average molecular weight is 277 g/mol. The number of thioether (sulfide) groups is 1. The van der Waals surface area contributed by atoms with Crippen molar-refractivity contribution in [3.8, 4) is 0 Å². The fourth-order valence-corrected chi connectivity index (χ4v) is 2.88. The Morgan fingerprint density at radius 3 is 2.84 bits per heavy atom. The summed E-state index contributed by atoms with van der Waals surface area (Å²) in [5, 5.41) is 8.01. The topological polar surface area (TPSA) is 68.8 Å². The molecule has 5 nitrogen and oxygen atoms in total. The number of aryl methyl sites for hydroxylation is 2. The van der Waals surface area contributed by atoms with Crippen LogP contribution in [0.2, 0.25) is 0 Å². The minimum atomic E-state index is 0.182. The Morgan fingerprint density at radius 2 is 2.21 bits per heavy atom. The predicted molar refractivity (Wildman–Crippen MR) is 77.7 cm³/mol. The molecule has 0 amide bonds. The van der Waals surface area contributed by atoms with Gasteiger partial charge in [0.05, 0.1) is 5.69 Å². The van der Waals surface area contributed by atoms with Crippen LogP contribution in [-0.2, 0) is 13.5 Å². The van der Waals surface area contributed by atoms with Gasteiger partial charge in [-0.3, -0.25) is 16.0 Å². The molecule has 0 spiro atoms. The monoisotopic (exact) mass is 277 g/mol. The van der Waals surface area contributed by atoms with Crippen LogP contribution in [0, 0.1) is 6.92 Å². The molecule has 0 saturated heterocycles. The number of nitrogens with zero attached hydrogens (tertiary/aromatic N) is 3. The smallest absolute Gasteiger partial charge is 0.0843 e. The van der Waals surface area contributed by atoms with Crippen LogP contribution in [0.4, 0.5) is 0 Å². The van der Waals surface area contributed by atoms with Gasteiger partial charge in [0.2, 0.25) is 0 Å². The maximum absolute atomic E-state index is 5.61. The number of nitrogens with two attached hydrogens (primary N) is 1. The van der Waals surface area contributed by atoms with E-state index in [-0.39, 0.29) is 6.04 Å². The van der Waals surface area contributed by atoms with Crippen LogP contribution in [0.25, 0.3) is 0 Å². The zero-order valence-electron chi connectivity index (χ0n) is 11.2. The molecule has 19 heavy (non-hydrogen) atoms. The molecule has 0 radical (unpaired) electrons. The summed E-state index contributed by atoms with van der Waals surface area (Å²) < 4.78 is 1.71. The molecule has 0 saturated carbocycles. The third kappa shape index (κ3) is 4.05. The first-order valence-corrected chi connectivity index (χ1v) is 7.17. The second-order valence-corrected chi connectivity index (χ2v) is 5.59. The number of rotatable bonds is 6. The first-order valence-electron chi connectivity index (χ1n) is 6.19. The lowest BCUT2D eigenvalue weighted by molar-refractivity contribution is 0.568. The highest BCUT2D eigenvalue weighted by atomic mass is 32.2. The molecule has 1 aromatic carbocycles. The summed E-state index contributed by atoms with van der Waals surface area (Å²) >= 11 is 1.81. The zero-order valence-corrected chi connectivity index (χ0v) is 12.0. The highest BCUT2D eigenvalue weighted by Crippen LogP contribution is 2.22. The van der Waals surface area contributed by atoms with Crippen molar-refractivity contribution in [3.63, 3.8) is 0 Å². The molecule has 6 heteroatoms. The Kier molecular flexibility index (Phi) is 4.95. The minimum absolute atomic E-state index is 0.182. The summed E-state index contributed by atoms with van der Waals surface area (Å²) in [6.45, 7) is 2.12. The molecule has 1 unspecified atom stereocenters. The molecule has 1 aromatic heterocycles. The van der Waals surface area contributed by atoms with Gasteiger partial charge in [0.15, 0.2) is 0 Å². The molecule has 0 aliphatic carbocycles. The van der Waals surface area contributed by atoms with E-state index in [4.69, 9.17) is 5.84 Å². The van der Waals surface area contributed by atoms with Gasteiger partial charge < -0.3 is 0 Å². The molecule has 1 heterocycles. The van der Waals surface area contributed by atoms with Gasteiger partial charge in [0, 0.05) is 36.4 Å². The average Bonchev–Trinajstić information content (AvgIpc) is 2.81. The molecule has 0 fully saturated rings. The van der Waals surface area contributed by atoms with Crippen LogP contribution in [0.5, 0.6) is 0 Å². The van der Waals surface area contributed by atoms with E-state index in [0.29, 0.717) is 0 Å². The number of hydrazine groups is 1. The Balaban J connectivity index is 1.91. The number of aromatic nitrogens is 3. The lowest BCUT2D eigenvalue weighted by Gasteiger charge is -2.14. The Bertz CT molecular complexity index is 525. The van der Waals surface area contributed by atoms with E-state index >= 15 is 0 Å². The third-order valence-corrected chi connectivity index (χ3v) is 4.21. The van der Waals surface area contributed by atoms with E-state index in [1.165, 1.54) is 10.5 Å². The second kappa shape index (κ2) is 6.70. The predicted octanol–water partition coefficient (Wildman–Crippen LogP) is 1.29. The van der Waals surface area contributed by atoms with Crippen LogP contribution in [0.1, 0.15) is 11.3 Å². The fraction of sp³-hybridized carbons (Fsp3) is 0.385. The molecule has 1 atom stereocenters. The molecule has 0 aliphatic rings. The molecular weight excluding hydrogens is 258 g/mol. The van der Waals surface area contributed by atoms with E-state index in [1.807, 2.05) is 25.0 Å². The quantitative estimate of drug-likeness (QED) is 0.473. The van der Waals surface area contributed by atoms with Gasteiger partial charge in [-0.1, -0.05) is 23.4 Å². The first-order chi connectivity index (χ1) is 9.19. The van der Waals surface area contributed by atoms with E-state index in [0.717, 1.165) is 17.9 Å². The van der Waals surface area contributed by atoms with Crippen molar-refractivity contribution in [3.05, 3.63) is 41.7 Å². The number of nitrogens with one attached hydrogen (secondary N) is 1. The van der Waals surface area contributed by atoms with Gasteiger partial charge >= 0.3 is 0 Å². The largest absolute Gasteiger partial charge is 0.271 e. The lowest BCUT2D eigenvalue weighted by atomic mass is 10.2.